The van der Waals surface area contributed by atoms with E-state index in [2.05, 4.69) is 10.6 Å². The molecule has 0 heterocycles. The third kappa shape index (κ3) is 6.41. The van der Waals surface area contributed by atoms with Gasteiger partial charge in [0, 0.05) is 18.0 Å². The van der Waals surface area contributed by atoms with Crippen molar-refractivity contribution in [2.24, 2.45) is 0 Å². The maximum Gasteiger partial charge on any atom is 0.225 e. The van der Waals surface area contributed by atoms with Crippen molar-refractivity contribution in [1.29, 1.82) is 0 Å². The lowest BCUT2D eigenvalue weighted by molar-refractivity contribution is -0.116. The summed E-state index contributed by atoms with van der Waals surface area (Å²) in [5.74, 6) is 1.29. The molecular formula is C23H23ClN2O2. The van der Waals surface area contributed by atoms with E-state index in [0.717, 1.165) is 23.7 Å². The van der Waals surface area contributed by atoms with Gasteiger partial charge in [0.15, 0.2) is 5.75 Å². The van der Waals surface area contributed by atoms with Crippen molar-refractivity contribution in [3.63, 3.8) is 0 Å². The topological polar surface area (TPSA) is 50.4 Å². The molecule has 0 radical (unpaired) electrons. The molecule has 4 nitrogen and oxygen atoms in total. The van der Waals surface area contributed by atoms with E-state index in [0.29, 0.717) is 24.4 Å². The number of hydrogen-bond donors (Lipinski definition) is 2. The van der Waals surface area contributed by atoms with Gasteiger partial charge in [-0.3, -0.25) is 4.79 Å². The highest BCUT2D eigenvalue weighted by molar-refractivity contribution is 6.30. The largest absolute Gasteiger partial charge is 0.455 e. The second-order valence-corrected chi connectivity index (χ2v) is 6.78. The number of halogens is 1. The molecule has 0 aliphatic carbocycles. The summed E-state index contributed by atoms with van der Waals surface area (Å²) in [5, 5.41) is 6.96. The van der Waals surface area contributed by atoms with E-state index in [9.17, 15) is 4.79 Å². The van der Waals surface area contributed by atoms with Crippen LogP contribution in [-0.4, -0.2) is 19.0 Å². The Morgan fingerprint density at radius 3 is 2.50 bits per heavy atom. The molecule has 0 fully saturated rings. The van der Waals surface area contributed by atoms with Crippen LogP contribution in [0.5, 0.6) is 11.5 Å². The van der Waals surface area contributed by atoms with Crippen LogP contribution in [0, 0.1) is 0 Å². The molecule has 3 rings (SSSR count). The van der Waals surface area contributed by atoms with Crippen molar-refractivity contribution in [3.05, 3.63) is 89.4 Å². The Morgan fingerprint density at radius 1 is 0.893 bits per heavy atom. The summed E-state index contributed by atoms with van der Waals surface area (Å²) < 4.78 is 5.87. The summed E-state index contributed by atoms with van der Waals surface area (Å²) >= 11 is 5.98. The van der Waals surface area contributed by atoms with Crippen LogP contribution < -0.4 is 15.4 Å². The van der Waals surface area contributed by atoms with Gasteiger partial charge in [-0.15, -0.1) is 0 Å². The number of benzene rings is 3. The van der Waals surface area contributed by atoms with Crippen LogP contribution in [0.25, 0.3) is 0 Å². The zero-order chi connectivity index (χ0) is 19.6. The van der Waals surface area contributed by atoms with E-state index in [1.54, 1.807) is 0 Å². The summed E-state index contributed by atoms with van der Waals surface area (Å²) in [6.45, 7) is 1.40. The molecule has 0 atom stereocenters. The lowest BCUT2D eigenvalue weighted by atomic mass is 10.1. The van der Waals surface area contributed by atoms with Gasteiger partial charge in [0.2, 0.25) is 5.91 Å². The second kappa shape index (κ2) is 10.5. The van der Waals surface area contributed by atoms with Crippen molar-refractivity contribution in [2.45, 2.75) is 12.8 Å². The number of hydrogen-bond acceptors (Lipinski definition) is 3. The molecule has 3 aromatic rings. The van der Waals surface area contributed by atoms with Crippen LogP contribution >= 0.6 is 11.6 Å². The minimum Gasteiger partial charge on any atom is -0.455 e. The van der Waals surface area contributed by atoms with E-state index < -0.39 is 0 Å². The number of ether oxygens (including phenoxy) is 1. The van der Waals surface area contributed by atoms with E-state index in [-0.39, 0.29) is 5.91 Å². The summed E-state index contributed by atoms with van der Waals surface area (Å²) in [6.07, 6.45) is 1.26. The summed E-state index contributed by atoms with van der Waals surface area (Å²) in [5.41, 5.74) is 1.84. The molecule has 0 saturated heterocycles. The molecule has 1 amide bonds. The number of rotatable bonds is 9. The molecule has 28 heavy (non-hydrogen) atoms. The monoisotopic (exact) mass is 394 g/mol. The molecule has 0 unspecified atom stereocenters. The van der Waals surface area contributed by atoms with Gasteiger partial charge >= 0.3 is 0 Å². The number of anilines is 1. The number of nitrogens with one attached hydrogen (secondary N) is 2. The molecule has 0 aliphatic heterocycles. The van der Waals surface area contributed by atoms with Crippen LogP contribution in [0.2, 0.25) is 5.02 Å². The van der Waals surface area contributed by atoms with Gasteiger partial charge in [-0.25, -0.2) is 0 Å². The van der Waals surface area contributed by atoms with E-state index in [1.807, 2.05) is 78.9 Å². The van der Waals surface area contributed by atoms with Gasteiger partial charge in [0.1, 0.15) is 5.75 Å². The fourth-order valence-corrected chi connectivity index (χ4v) is 2.95. The third-order valence-corrected chi connectivity index (χ3v) is 4.38. The summed E-state index contributed by atoms with van der Waals surface area (Å²) in [7, 11) is 0. The maximum absolute atomic E-state index is 12.3. The molecule has 144 valence electrons. The van der Waals surface area contributed by atoms with Gasteiger partial charge in [-0.1, -0.05) is 54.1 Å². The molecular weight excluding hydrogens is 372 g/mol. The number of carbonyl (C=O) groups is 1. The predicted molar refractivity (Wildman–Crippen MR) is 114 cm³/mol. The highest BCUT2D eigenvalue weighted by Gasteiger charge is 2.08. The van der Waals surface area contributed by atoms with Crippen LogP contribution in [0.4, 0.5) is 5.69 Å². The first kappa shape index (κ1) is 19.9. The smallest absolute Gasteiger partial charge is 0.225 e. The number of para-hydroxylation sites is 3. The minimum atomic E-state index is -0.0561. The van der Waals surface area contributed by atoms with Gasteiger partial charge in [0.25, 0.3) is 0 Å². The van der Waals surface area contributed by atoms with E-state index in [1.165, 1.54) is 5.56 Å². The molecule has 3 aromatic carbocycles. The van der Waals surface area contributed by atoms with Gasteiger partial charge in [-0.2, -0.15) is 0 Å². The lowest BCUT2D eigenvalue weighted by Crippen LogP contribution is -2.23. The Labute approximate surface area is 170 Å². The van der Waals surface area contributed by atoms with Crippen LogP contribution in [-0.2, 0) is 11.2 Å². The molecule has 2 N–H and O–H groups in total. The first-order valence-electron chi connectivity index (χ1n) is 9.27. The Balaban J connectivity index is 1.43. The maximum atomic E-state index is 12.3. The minimum absolute atomic E-state index is 0.0561. The predicted octanol–water partition coefficient (Wildman–Crippen LogP) is 5.29. The van der Waals surface area contributed by atoms with E-state index >= 15 is 0 Å². The van der Waals surface area contributed by atoms with Gasteiger partial charge in [-0.05, 0) is 54.9 Å². The second-order valence-electron chi connectivity index (χ2n) is 6.34. The van der Waals surface area contributed by atoms with Crippen molar-refractivity contribution >= 4 is 23.2 Å². The van der Waals surface area contributed by atoms with Crippen molar-refractivity contribution in [3.8, 4) is 11.5 Å². The Hall–Kier alpha value is -2.82. The van der Waals surface area contributed by atoms with Crippen molar-refractivity contribution in [1.82, 2.24) is 5.32 Å². The van der Waals surface area contributed by atoms with Gasteiger partial charge in [0.05, 0.1) is 5.69 Å². The lowest BCUT2D eigenvalue weighted by Gasteiger charge is -2.12. The summed E-state index contributed by atoms with van der Waals surface area (Å²) in [6, 6.07) is 24.7. The van der Waals surface area contributed by atoms with Crippen molar-refractivity contribution in [2.75, 3.05) is 18.4 Å². The number of carbonyl (C=O) groups excluding carboxylic acids is 1. The van der Waals surface area contributed by atoms with E-state index in [4.69, 9.17) is 16.3 Å². The Bertz CT molecular complexity index is 900. The average molecular weight is 395 g/mol. The standard InChI is InChI=1S/C23H23ClN2O2/c24-19-8-6-7-18(17-19)13-15-25-16-14-23(27)26-21-11-4-5-12-22(21)28-20-9-2-1-3-10-20/h1-12,17,25H,13-16H2,(H,26,27). The molecule has 0 saturated carbocycles. The first-order valence-corrected chi connectivity index (χ1v) is 9.65. The molecule has 0 aliphatic rings. The Kier molecular flexibility index (Phi) is 7.47. The molecule has 0 aromatic heterocycles. The van der Waals surface area contributed by atoms with Gasteiger partial charge < -0.3 is 15.4 Å². The fourth-order valence-electron chi connectivity index (χ4n) is 2.74. The molecule has 5 heteroatoms. The SMILES string of the molecule is O=C(CCNCCc1cccc(Cl)c1)Nc1ccccc1Oc1ccccc1. The highest BCUT2D eigenvalue weighted by Crippen LogP contribution is 2.29. The van der Waals surface area contributed by atoms with Crippen LogP contribution in [0.15, 0.2) is 78.9 Å². The zero-order valence-electron chi connectivity index (χ0n) is 15.5. The zero-order valence-corrected chi connectivity index (χ0v) is 16.3. The normalized spacial score (nSPS) is 10.5. The van der Waals surface area contributed by atoms with Crippen LogP contribution in [0.3, 0.4) is 0 Å². The molecule has 0 bridgehead atoms. The average Bonchev–Trinajstić information content (AvgIpc) is 2.70. The molecule has 0 spiro atoms. The number of amides is 1. The summed E-state index contributed by atoms with van der Waals surface area (Å²) in [4.78, 5) is 12.3. The van der Waals surface area contributed by atoms with Crippen molar-refractivity contribution < 1.29 is 9.53 Å². The third-order valence-electron chi connectivity index (χ3n) is 4.14. The highest BCUT2D eigenvalue weighted by atomic mass is 35.5. The van der Waals surface area contributed by atoms with Crippen LogP contribution in [0.1, 0.15) is 12.0 Å². The first-order chi connectivity index (χ1) is 13.7. The Morgan fingerprint density at radius 2 is 1.68 bits per heavy atom. The quantitative estimate of drug-likeness (QED) is 0.484. The fraction of sp³-hybridized carbons (Fsp3) is 0.174.